The molecule has 6 nitrogen and oxygen atoms in total. The summed E-state index contributed by atoms with van der Waals surface area (Å²) in [6, 6.07) is 1.94. The quantitative estimate of drug-likeness (QED) is 0.869. The summed E-state index contributed by atoms with van der Waals surface area (Å²) >= 11 is 0. The number of anilines is 2. The van der Waals surface area contributed by atoms with Crippen LogP contribution in [0, 0.1) is 0 Å². The van der Waals surface area contributed by atoms with Gasteiger partial charge in [-0.15, -0.1) is 0 Å². The van der Waals surface area contributed by atoms with E-state index in [0.29, 0.717) is 12.4 Å². The summed E-state index contributed by atoms with van der Waals surface area (Å²) in [5, 5.41) is 13.2. The van der Waals surface area contributed by atoms with E-state index >= 15 is 0 Å². The van der Waals surface area contributed by atoms with E-state index < -0.39 is 5.60 Å². The molecule has 1 atom stereocenters. The van der Waals surface area contributed by atoms with Gasteiger partial charge in [0.2, 0.25) is 0 Å². The third-order valence-electron chi connectivity index (χ3n) is 3.68. The van der Waals surface area contributed by atoms with Crippen molar-refractivity contribution in [3.8, 4) is 0 Å². The molecule has 0 aliphatic carbocycles. The van der Waals surface area contributed by atoms with Crippen molar-refractivity contribution in [2.24, 2.45) is 0 Å². The number of rotatable bonds is 4. The minimum Gasteiger partial charge on any atom is -0.390 e. The van der Waals surface area contributed by atoms with Gasteiger partial charge in [-0.2, -0.15) is 0 Å². The second-order valence-corrected chi connectivity index (χ2v) is 5.55. The highest BCUT2D eigenvalue weighted by Crippen LogP contribution is 2.25. The van der Waals surface area contributed by atoms with Gasteiger partial charge in [0.15, 0.2) is 5.82 Å². The maximum absolute atomic E-state index is 10.2. The zero-order valence-electron chi connectivity index (χ0n) is 12.5. The Morgan fingerprint density at radius 2 is 2.20 bits per heavy atom. The Kier molecular flexibility index (Phi) is 4.77. The minimum absolute atomic E-state index is 0.397. The first-order chi connectivity index (χ1) is 9.54. The first-order valence-corrected chi connectivity index (χ1v) is 7.06. The molecule has 1 fully saturated rings. The summed E-state index contributed by atoms with van der Waals surface area (Å²) in [6.45, 7) is 4.02. The van der Waals surface area contributed by atoms with Crippen LogP contribution in [-0.4, -0.2) is 47.9 Å². The number of methoxy groups -OCH3 is 1. The molecule has 0 amide bonds. The molecule has 0 spiro atoms. The van der Waals surface area contributed by atoms with Gasteiger partial charge in [0.1, 0.15) is 18.2 Å². The monoisotopic (exact) mass is 280 g/mol. The van der Waals surface area contributed by atoms with E-state index in [1.807, 2.05) is 20.0 Å². The highest BCUT2D eigenvalue weighted by Gasteiger charge is 2.25. The number of nitrogens with zero attached hydrogens (tertiary/aromatic N) is 3. The molecule has 0 bridgehead atoms. The maximum atomic E-state index is 10.2. The molecule has 2 heterocycles. The molecule has 1 aromatic rings. The van der Waals surface area contributed by atoms with Crippen molar-refractivity contribution in [1.29, 1.82) is 0 Å². The van der Waals surface area contributed by atoms with Gasteiger partial charge < -0.3 is 20.1 Å². The number of aromatic nitrogens is 2. The van der Waals surface area contributed by atoms with Crippen molar-refractivity contribution in [3.63, 3.8) is 0 Å². The summed E-state index contributed by atoms with van der Waals surface area (Å²) in [6.07, 6.45) is 2.55. The maximum Gasteiger partial charge on any atom is 0.158 e. The summed E-state index contributed by atoms with van der Waals surface area (Å²) in [4.78, 5) is 11.1. The van der Waals surface area contributed by atoms with Gasteiger partial charge in [0.05, 0.1) is 5.60 Å². The van der Waals surface area contributed by atoms with Gasteiger partial charge in [-0.05, 0) is 26.2 Å². The fourth-order valence-corrected chi connectivity index (χ4v) is 2.46. The molecule has 20 heavy (non-hydrogen) atoms. The summed E-state index contributed by atoms with van der Waals surface area (Å²) in [5.74, 6) is 2.36. The molecule has 1 unspecified atom stereocenters. The second kappa shape index (κ2) is 6.37. The summed E-state index contributed by atoms with van der Waals surface area (Å²) in [7, 11) is 3.48. The van der Waals surface area contributed by atoms with E-state index in [9.17, 15) is 5.11 Å². The normalized spacial score (nSPS) is 23.5. The Morgan fingerprint density at radius 3 is 2.90 bits per heavy atom. The Morgan fingerprint density at radius 1 is 1.40 bits per heavy atom. The third kappa shape index (κ3) is 3.80. The Balaban J connectivity index is 2.20. The highest BCUT2D eigenvalue weighted by atomic mass is 16.5. The molecule has 1 aliphatic rings. The third-order valence-corrected chi connectivity index (χ3v) is 3.68. The molecule has 1 saturated heterocycles. The molecular weight excluding hydrogens is 256 g/mol. The van der Waals surface area contributed by atoms with Crippen LogP contribution in [-0.2, 0) is 11.3 Å². The van der Waals surface area contributed by atoms with Crippen LogP contribution in [0.4, 0.5) is 11.6 Å². The first kappa shape index (κ1) is 15.0. The van der Waals surface area contributed by atoms with Crippen LogP contribution in [0.3, 0.4) is 0 Å². The van der Waals surface area contributed by atoms with Crippen LogP contribution in [0.25, 0.3) is 0 Å². The van der Waals surface area contributed by atoms with Crippen LogP contribution >= 0.6 is 0 Å². The summed E-state index contributed by atoms with van der Waals surface area (Å²) in [5.41, 5.74) is -0.566. The van der Waals surface area contributed by atoms with Gasteiger partial charge in [-0.1, -0.05) is 0 Å². The molecule has 0 saturated carbocycles. The average molecular weight is 280 g/mol. The lowest BCUT2D eigenvalue weighted by Crippen LogP contribution is -2.29. The molecule has 6 heteroatoms. The van der Waals surface area contributed by atoms with Crippen LogP contribution in [0.5, 0.6) is 0 Å². The predicted octanol–water partition coefficient (Wildman–Crippen LogP) is 1.41. The van der Waals surface area contributed by atoms with Crippen molar-refractivity contribution in [2.45, 2.75) is 38.4 Å². The lowest BCUT2D eigenvalue weighted by molar-refractivity contribution is 0.0481. The van der Waals surface area contributed by atoms with E-state index in [1.54, 1.807) is 7.11 Å². The van der Waals surface area contributed by atoms with Gasteiger partial charge in [0.25, 0.3) is 0 Å². The van der Waals surface area contributed by atoms with E-state index in [0.717, 1.165) is 44.0 Å². The van der Waals surface area contributed by atoms with Crippen LogP contribution in [0.1, 0.15) is 32.0 Å². The van der Waals surface area contributed by atoms with Crippen molar-refractivity contribution < 1.29 is 9.84 Å². The lowest BCUT2D eigenvalue weighted by atomic mass is 9.98. The topological polar surface area (TPSA) is 70.5 Å². The van der Waals surface area contributed by atoms with Crippen molar-refractivity contribution in [2.75, 3.05) is 37.5 Å². The van der Waals surface area contributed by atoms with Crippen LogP contribution in [0.2, 0.25) is 0 Å². The van der Waals surface area contributed by atoms with E-state index in [4.69, 9.17) is 4.74 Å². The zero-order valence-corrected chi connectivity index (χ0v) is 12.5. The van der Waals surface area contributed by atoms with Gasteiger partial charge in [0, 0.05) is 33.3 Å². The van der Waals surface area contributed by atoms with Crippen LogP contribution in [0.15, 0.2) is 6.07 Å². The minimum atomic E-state index is -0.566. The van der Waals surface area contributed by atoms with Gasteiger partial charge in [-0.3, -0.25) is 0 Å². The number of aliphatic hydroxyl groups is 1. The molecule has 2 N–H and O–H groups in total. The predicted molar refractivity (Wildman–Crippen MR) is 79.0 cm³/mol. The van der Waals surface area contributed by atoms with E-state index in [1.165, 1.54) is 0 Å². The molecular formula is C14H24N4O2. The van der Waals surface area contributed by atoms with Crippen molar-refractivity contribution in [1.82, 2.24) is 9.97 Å². The number of hydrogen-bond acceptors (Lipinski definition) is 6. The fourth-order valence-electron chi connectivity index (χ4n) is 2.46. The van der Waals surface area contributed by atoms with Gasteiger partial charge >= 0.3 is 0 Å². The largest absolute Gasteiger partial charge is 0.390 e. The van der Waals surface area contributed by atoms with Gasteiger partial charge in [-0.25, -0.2) is 9.97 Å². The standard InChI is InChI=1S/C14H24N4O2/c1-14(19)5-4-7-18(8-6-14)13-9-11(15-2)16-12(17-13)10-20-3/h9,19H,4-8,10H2,1-3H3,(H,15,16,17). The molecule has 1 aliphatic heterocycles. The number of nitrogens with one attached hydrogen (secondary N) is 1. The number of hydrogen-bond donors (Lipinski definition) is 2. The second-order valence-electron chi connectivity index (χ2n) is 5.55. The average Bonchev–Trinajstić information content (AvgIpc) is 2.59. The summed E-state index contributed by atoms with van der Waals surface area (Å²) < 4.78 is 5.12. The molecule has 112 valence electrons. The lowest BCUT2D eigenvalue weighted by Gasteiger charge is -2.24. The SMILES string of the molecule is CNc1cc(N2CCCC(C)(O)CC2)nc(COC)n1. The molecule has 2 rings (SSSR count). The Hall–Kier alpha value is -1.40. The first-order valence-electron chi connectivity index (χ1n) is 7.06. The molecule has 1 aromatic heterocycles. The smallest absolute Gasteiger partial charge is 0.158 e. The van der Waals surface area contributed by atoms with E-state index in [-0.39, 0.29) is 0 Å². The van der Waals surface area contributed by atoms with Crippen molar-refractivity contribution >= 4 is 11.6 Å². The zero-order chi connectivity index (χ0) is 14.6. The Labute approximate surface area is 120 Å². The van der Waals surface area contributed by atoms with Crippen molar-refractivity contribution in [3.05, 3.63) is 11.9 Å². The molecule has 0 radical (unpaired) electrons. The number of ether oxygens (including phenoxy) is 1. The fraction of sp³-hybridized carbons (Fsp3) is 0.714. The van der Waals surface area contributed by atoms with Crippen LogP contribution < -0.4 is 10.2 Å². The highest BCUT2D eigenvalue weighted by molar-refractivity contribution is 5.49. The molecule has 0 aromatic carbocycles. The Bertz CT molecular complexity index is 451. The van der Waals surface area contributed by atoms with E-state index in [2.05, 4.69) is 20.2 Å².